The van der Waals surface area contributed by atoms with E-state index in [2.05, 4.69) is 20.8 Å². The van der Waals surface area contributed by atoms with Gasteiger partial charge in [0.2, 0.25) is 5.91 Å². The third-order valence-electron chi connectivity index (χ3n) is 5.19. The van der Waals surface area contributed by atoms with Crippen molar-refractivity contribution >= 4 is 11.6 Å². The molecule has 1 aromatic carbocycles. The first-order valence-electron chi connectivity index (χ1n) is 9.28. The fourth-order valence-corrected chi connectivity index (χ4v) is 3.41. The van der Waals surface area contributed by atoms with E-state index >= 15 is 0 Å². The van der Waals surface area contributed by atoms with Crippen molar-refractivity contribution in [1.82, 2.24) is 20.2 Å². The van der Waals surface area contributed by atoms with Crippen LogP contribution in [-0.4, -0.2) is 52.5 Å². The van der Waals surface area contributed by atoms with Crippen molar-refractivity contribution in [2.45, 2.75) is 37.6 Å². The summed E-state index contributed by atoms with van der Waals surface area (Å²) in [7, 11) is 1.60. The van der Waals surface area contributed by atoms with Crippen LogP contribution in [0.15, 0.2) is 18.2 Å². The molecule has 1 aromatic heterocycles. The molecule has 2 heterocycles. The van der Waals surface area contributed by atoms with Gasteiger partial charge in [0.15, 0.2) is 5.82 Å². The van der Waals surface area contributed by atoms with Gasteiger partial charge in [0, 0.05) is 24.8 Å². The maximum Gasteiger partial charge on any atom is 0.241 e. The highest BCUT2D eigenvalue weighted by Crippen LogP contribution is 2.40. The van der Waals surface area contributed by atoms with E-state index in [-0.39, 0.29) is 11.8 Å². The fourth-order valence-electron chi connectivity index (χ4n) is 3.41. The molecule has 27 heavy (non-hydrogen) atoms. The van der Waals surface area contributed by atoms with E-state index in [1.54, 1.807) is 23.9 Å². The Bertz CT molecular complexity index is 813. The van der Waals surface area contributed by atoms with Crippen molar-refractivity contribution in [2.24, 2.45) is 11.7 Å². The number of aromatic nitrogens is 4. The van der Waals surface area contributed by atoms with E-state index in [0.29, 0.717) is 36.3 Å². The summed E-state index contributed by atoms with van der Waals surface area (Å²) in [4.78, 5) is 12.6. The van der Waals surface area contributed by atoms with E-state index in [0.717, 1.165) is 31.5 Å². The molecule has 9 nitrogen and oxygen atoms in total. The van der Waals surface area contributed by atoms with Gasteiger partial charge in [-0.05, 0) is 60.2 Å². The van der Waals surface area contributed by atoms with E-state index in [1.165, 1.54) is 0 Å². The Morgan fingerprint density at radius 2 is 2.11 bits per heavy atom. The van der Waals surface area contributed by atoms with Crippen LogP contribution in [0.1, 0.15) is 37.4 Å². The summed E-state index contributed by atoms with van der Waals surface area (Å²) >= 11 is 0. The zero-order valence-electron chi connectivity index (χ0n) is 15.3. The number of benzene rings is 1. The van der Waals surface area contributed by atoms with E-state index in [1.807, 2.05) is 6.07 Å². The topological polar surface area (TPSA) is 117 Å². The van der Waals surface area contributed by atoms with Crippen molar-refractivity contribution in [1.29, 1.82) is 0 Å². The number of tetrazole rings is 1. The van der Waals surface area contributed by atoms with Gasteiger partial charge in [-0.25, -0.2) is 0 Å². The first-order chi connectivity index (χ1) is 13.2. The number of hydrogen-bond donors (Lipinski definition) is 2. The van der Waals surface area contributed by atoms with Crippen LogP contribution < -0.4 is 15.8 Å². The van der Waals surface area contributed by atoms with Gasteiger partial charge < -0.3 is 20.5 Å². The first kappa shape index (κ1) is 17.9. The van der Waals surface area contributed by atoms with Gasteiger partial charge in [-0.3, -0.25) is 4.79 Å². The summed E-state index contributed by atoms with van der Waals surface area (Å²) < 4.78 is 12.5. The van der Waals surface area contributed by atoms with Crippen molar-refractivity contribution in [3.63, 3.8) is 0 Å². The third-order valence-corrected chi connectivity index (χ3v) is 5.19. The van der Waals surface area contributed by atoms with Crippen LogP contribution in [0.5, 0.6) is 5.75 Å². The molecule has 1 saturated carbocycles. The Kier molecular flexibility index (Phi) is 5.04. The van der Waals surface area contributed by atoms with E-state index in [4.69, 9.17) is 15.2 Å². The number of carbonyl (C=O) groups excluding carboxylic acids is 1. The molecule has 2 aromatic rings. The summed E-state index contributed by atoms with van der Waals surface area (Å²) in [5.74, 6) is 1.77. The lowest BCUT2D eigenvalue weighted by Gasteiger charge is -2.26. The van der Waals surface area contributed by atoms with Gasteiger partial charge >= 0.3 is 0 Å². The smallest absolute Gasteiger partial charge is 0.241 e. The molecule has 1 atom stereocenters. The number of methoxy groups -OCH3 is 1. The summed E-state index contributed by atoms with van der Waals surface area (Å²) in [6, 6.07) is 4.84. The lowest BCUT2D eigenvalue weighted by Crippen LogP contribution is -2.44. The minimum absolute atomic E-state index is 0.137. The SMILES string of the molecule is COc1ccc(NC(=O)C(N)C2CCOCC2)cc1-n1nnnc1C1CC1. The molecule has 2 aliphatic rings. The van der Waals surface area contributed by atoms with Crippen molar-refractivity contribution in [3.05, 3.63) is 24.0 Å². The minimum Gasteiger partial charge on any atom is -0.494 e. The lowest BCUT2D eigenvalue weighted by atomic mass is 9.92. The average molecular weight is 372 g/mol. The average Bonchev–Trinajstić information content (AvgIpc) is 3.44. The standard InChI is InChI=1S/C18H24N6O3/c1-26-15-5-4-13(20-18(25)16(19)11-6-8-27-9-7-11)10-14(15)24-17(12-2-3-12)21-22-23-24/h4-5,10-12,16H,2-3,6-9,19H2,1H3,(H,20,25). The highest BCUT2D eigenvalue weighted by atomic mass is 16.5. The van der Waals surface area contributed by atoms with Crippen LogP contribution in [0.3, 0.4) is 0 Å². The maximum atomic E-state index is 12.6. The largest absolute Gasteiger partial charge is 0.494 e. The fraction of sp³-hybridized carbons (Fsp3) is 0.556. The van der Waals surface area contributed by atoms with Crippen molar-refractivity contribution in [2.75, 3.05) is 25.6 Å². The van der Waals surface area contributed by atoms with Gasteiger partial charge in [0.1, 0.15) is 11.4 Å². The number of nitrogens with one attached hydrogen (secondary N) is 1. The molecular formula is C18H24N6O3. The first-order valence-corrected chi connectivity index (χ1v) is 9.28. The Labute approximate surface area is 157 Å². The van der Waals surface area contributed by atoms with Gasteiger partial charge in [0.05, 0.1) is 13.2 Å². The molecule has 0 radical (unpaired) electrons. The molecule has 0 bridgehead atoms. The highest BCUT2D eigenvalue weighted by molar-refractivity contribution is 5.95. The van der Waals surface area contributed by atoms with Gasteiger partial charge in [-0.2, -0.15) is 4.68 Å². The van der Waals surface area contributed by atoms with Crippen LogP contribution in [0.2, 0.25) is 0 Å². The number of ether oxygens (including phenoxy) is 2. The Morgan fingerprint density at radius 1 is 1.33 bits per heavy atom. The quantitative estimate of drug-likeness (QED) is 0.783. The molecular weight excluding hydrogens is 348 g/mol. The summed E-state index contributed by atoms with van der Waals surface area (Å²) in [6.45, 7) is 1.31. The van der Waals surface area contributed by atoms with Crippen molar-refractivity contribution < 1.29 is 14.3 Å². The molecule has 1 saturated heterocycles. The number of rotatable bonds is 6. The molecule has 1 aliphatic heterocycles. The number of amides is 1. The van der Waals surface area contributed by atoms with E-state index < -0.39 is 6.04 Å². The Morgan fingerprint density at radius 3 is 2.81 bits per heavy atom. The maximum absolute atomic E-state index is 12.6. The molecule has 3 N–H and O–H groups in total. The second-order valence-corrected chi connectivity index (χ2v) is 7.07. The molecule has 0 spiro atoms. The van der Waals surface area contributed by atoms with Crippen LogP contribution in [0.25, 0.3) is 5.69 Å². The number of anilines is 1. The van der Waals surface area contributed by atoms with Crippen LogP contribution in [0, 0.1) is 5.92 Å². The Hall–Kier alpha value is -2.52. The second-order valence-electron chi connectivity index (χ2n) is 7.07. The number of carbonyl (C=O) groups is 1. The molecule has 1 aliphatic carbocycles. The normalized spacial score (nSPS) is 18.9. The Balaban J connectivity index is 1.55. The van der Waals surface area contributed by atoms with Crippen LogP contribution >= 0.6 is 0 Å². The predicted molar refractivity (Wildman–Crippen MR) is 97.8 cm³/mol. The number of nitrogens with two attached hydrogens (primary N) is 1. The van der Waals surface area contributed by atoms with Crippen LogP contribution in [-0.2, 0) is 9.53 Å². The van der Waals surface area contributed by atoms with E-state index in [9.17, 15) is 4.79 Å². The summed E-state index contributed by atoms with van der Waals surface area (Å²) in [6.07, 6.45) is 3.77. The van der Waals surface area contributed by atoms with Gasteiger partial charge in [-0.1, -0.05) is 0 Å². The lowest BCUT2D eigenvalue weighted by molar-refractivity contribution is -0.119. The van der Waals surface area contributed by atoms with Gasteiger partial charge in [-0.15, -0.1) is 5.10 Å². The molecule has 4 rings (SSSR count). The molecule has 2 fully saturated rings. The highest BCUT2D eigenvalue weighted by Gasteiger charge is 2.31. The predicted octanol–water partition coefficient (Wildman–Crippen LogP) is 1.24. The molecule has 1 amide bonds. The zero-order chi connectivity index (χ0) is 18.8. The third kappa shape index (κ3) is 3.79. The monoisotopic (exact) mass is 372 g/mol. The number of nitrogens with zero attached hydrogens (tertiary/aromatic N) is 4. The van der Waals surface area contributed by atoms with Gasteiger partial charge in [0.25, 0.3) is 0 Å². The molecule has 1 unspecified atom stereocenters. The summed E-state index contributed by atoms with van der Waals surface area (Å²) in [5.41, 5.74) is 7.50. The number of hydrogen-bond acceptors (Lipinski definition) is 7. The zero-order valence-corrected chi connectivity index (χ0v) is 15.3. The molecule has 9 heteroatoms. The summed E-state index contributed by atoms with van der Waals surface area (Å²) in [5, 5.41) is 15.0. The molecule has 144 valence electrons. The minimum atomic E-state index is -0.561. The van der Waals surface area contributed by atoms with Crippen molar-refractivity contribution in [3.8, 4) is 11.4 Å². The second kappa shape index (κ2) is 7.61. The van der Waals surface area contributed by atoms with Crippen LogP contribution in [0.4, 0.5) is 5.69 Å².